The lowest BCUT2D eigenvalue weighted by atomic mass is 10.1. The SMILES string of the molecule is COc1ccc(-c2nnc3ccc(OCCNC(=O)Cc4ccc([N+](=O)[O-])cc4)nn23)cc1. The van der Waals surface area contributed by atoms with Crippen molar-refractivity contribution >= 4 is 17.2 Å². The first-order valence-corrected chi connectivity index (χ1v) is 10.0. The molecule has 4 aromatic rings. The Balaban J connectivity index is 1.31. The van der Waals surface area contributed by atoms with Crippen molar-refractivity contribution in [2.45, 2.75) is 6.42 Å². The van der Waals surface area contributed by atoms with Gasteiger partial charge in [-0.2, -0.15) is 4.52 Å². The highest BCUT2D eigenvalue weighted by Crippen LogP contribution is 2.21. The first-order chi connectivity index (χ1) is 16.0. The lowest BCUT2D eigenvalue weighted by molar-refractivity contribution is -0.384. The van der Waals surface area contributed by atoms with Crippen LogP contribution in [0.2, 0.25) is 0 Å². The van der Waals surface area contributed by atoms with Gasteiger partial charge in [-0.15, -0.1) is 15.3 Å². The molecule has 0 aliphatic heterocycles. The number of nitrogens with zero attached hydrogens (tertiary/aromatic N) is 5. The number of non-ortho nitro benzene ring substituents is 1. The van der Waals surface area contributed by atoms with Crippen molar-refractivity contribution in [2.75, 3.05) is 20.3 Å². The van der Waals surface area contributed by atoms with Gasteiger partial charge < -0.3 is 14.8 Å². The van der Waals surface area contributed by atoms with Gasteiger partial charge in [0.2, 0.25) is 11.8 Å². The molecular weight excluding hydrogens is 428 g/mol. The topological polar surface area (TPSA) is 134 Å². The van der Waals surface area contributed by atoms with Gasteiger partial charge in [0.15, 0.2) is 11.5 Å². The van der Waals surface area contributed by atoms with E-state index >= 15 is 0 Å². The highest BCUT2D eigenvalue weighted by atomic mass is 16.6. The number of aromatic nitrogens is 4. The molecule has 0 saturated carbocycles. The van der Waals surface area contributed by atoms with Crippen LogP contribution in [-0.4, -0.2) is 50.9 Å². The molecule has 0 atom stereocenters. The number of ether oxygens (including phenoxy) is 2. The number of fused-ring (bicyclic) bond motifs is 1. The molecule has 0 radical (unpaired) electrons. The molecule has 0 spiro atoms. The first-order valence-electron chi connectivity index (χ1n) is 10.0. The third-order valence-electron chi connectivity index (χ3n) is 4.77. The van der Waals surface area contributed by atoms with E-state index in [0.29, 0.717) is 22.9 Å². The summed E-state index contributed by atoms with van der Waals surface area (Å²) >= 11 is 0. The predicted octanol–water partition coefficient (Wildman–Crippen LogP) is 2.45. The maximum Gasteiger partial charge on any atom is 0.269 e. The number of benzene rings is 2. The maximum absolute atomic E-state index is 12.1. The summed E-state index contributed by atoms with van der Waals surface area (Å²) in [5.41, 5.74) is 2.07. The molecule has 33 heavy (non-hydrogen) atoms. The van der Waals surface area contributed by atoms with Gasteiger partial charge in [0.05, 0.1) is 25.0 Å². The second-order valence-electron chi connectivity index (χ2n) is 6.99. The zero-order valence-corrected chi connectivity index (χ0v) is 17.7. The minimum atomic E-state index is -0.480. The van der Waals surface area contributed by atoms with Crippen LogP contribution in [-0.2, 0) is 11.2 Å². The minimum absolute atomic E-state index is 0.0136. The Hall–Kier alpha value is -4.54. The van der Waals surface area contributed by atoms with Crippen LogP contribution in [0.5, 0.6) is 11.6 Å². The average Bonchev–Trinajstić information content (AvgIpc) is 3.25. The molecule has 0 unspecified atom stereocenters. The molecule has 0 aliphatic carbocycles. The van der Waals surface area contributed by atoms with E-state index in [4.69, 9.17) is 9.47 Å². The Bertz CT molecular complexity index is 1270. The number of amides is 1. The Morgan fingerprint density at radius 3 is 2.52 bits per heavy atom. The molecule has 4 rings (SSSR count). The number of nitro groups is 1. The second kappa shape index (κ2) is 9.73. The van der Waals surface area contributed by atoms with Crippen molar-refractivity contribution in [3.8, 4) is 23.0 Å². The number of hydrogen-bond donors (Lipinski definition) is 1. The molecule has 2 aromatic carbocycles. The lowest BCUT2D eigenvalue weighted by Crippen LogP contribution is -2.29. The van der Waals surface area contributed by atoms with Gasteiger partial charge in [-0.3, -0.25) is 14.9 Å². The van der Waals surface area contributed by atoms with Crippen LogP contribution in [0.1, 0.15) is 5.56 Å². The molecule has 168 valence electrons. The predicted molar refractivity (Wildman–Crippen MR) is 118 cm³/mol. The van der Waals surface area contributed by atoms with Crippen LogP contribution in [0.4, 0.5) is 5.69 Å². The van der Waals surface area contributed by atoms with E-state index in [1.165, 1.54) is 12.1 Å². The fourth-order valence-corrected chi connectivity index (χ4v) is 3.10. The molecule has 0 fully saturated rings. The van der Waals surface area contributed by atoms with Gasteiger partial charge in [0, 0.05) is 23.8 Å². The number of carbonyl (C=O) groups excluding carboxylic acids is 1. The molecule has 2 aromatic heterocycles. The fourth-order valence-electron chi connectivity index (χ4n) is 3.10. The Morgan fingerprint density at radius 2 is 1.82 bits per heavy atom. The van der Waals surface area contributed by atoms with E-state index in [-0.39, 0.29) is 31.2 Å². The van der Waals surface area contributed by atoms with Gasteiger partial charge in [0.25, 0.3) is 5.69 Å². The largest absolute Gasteiger partial charge is 0.497 e. The third kappa shape index (κ3) is 5.21. The summed E-state index contributed by atoms with van der Waals surface area (Å²) in [7, 11) is 1.60. The van der Waals surface area contributed by atoms with Gasteiger partial charge in [-0.25, -0.2) is 0 Å². The number of carbonyl (C=O) groups is 1. The second-order valence-corrected chi connectivity index (χ2v) is 6.99. The van der Waals surface area contributed by atoms with Crippen LogP contribution in [0.25, 0.3) is 17.0 Å². The highest BCUT2D eigenvalue weighted by molar-refractivity contribution is 5.78. The van der Waals surface area contributed by atoms with E-state index in [0.717, 1.165) is 11.3 Å². The molecule has 0 saturated heterocycles. The van der Waals surface area contributed by atoms with Crippen molar-refractivity contribution in [3.63, 3.8) is 0 Å². The minimum Gasteiger partial charge on any atom is -0.497 e. The first kappa shape index (κ1) is 21.7. The molecule has 11 nitrogen and oxygen atoms in total. The smallest absolute Gasteiger partial charge is 0.269 e. The van der Waals surface area contributed by atoms with E-state index in [2.05, 4.69) is 20.6 Å². The summed E-state index contributed by atoms with van der Waals surface area (Å²) in [6.07, 6.45) is 0.119. The molecule has 1 amide bonds. The average molecular weight is 448 g/mol. The molecule has 1 N–H and O–H groups in total. The summed E-state index contributed by atoms with van der Waals surface area (Å²) < 4.78 is 12.4. The number of rotatable bonds is 9. The van der Waals surface area contributed by atoms with Crippen LogP contribution >= 0.6 is 0 Å². The number of methoxy groups -OCH3 is 1. The van der Waals surface area contributed by atoms with Crippen molar-refractivity contribution in [1.29, 1.82) is 0 Å². The molecule has 11 heteroatoms. The van der Waals surface area contributed by atoms with Gasteiger partial charge >= 0.3 is 0 Å². The van der Waals surface area contributed by atoms with Crippen LogP contribution < -0.4 is 14.8 Å². The van der Waals surface area contributed by atoms with Crippen LogP contribution in [0.15, 0.2) is 60.7 Å². The Morgan fingerprint density at radius 1 is 1.06 bits per heavy atom. The normalized spacial score (nSPS) is 10.7. The summed E-state index contributed by atoms with van der Waals surface area (Å²) in [5.74, 6) is 1.45. The van der Waals surface area contributed by atoms with Crippen molar-refractivity contribution in [2.24, 2.45) is 0 Å². The third-order valence-corrected chi connectivity index (χ3v) is 4.77. The number of hydrogen-bond acceptors (Lipinski definition) is 8. The summed E-state index contributed by atoms with van der Waals surface area (Å²) in [4.78, 5) is 22.3. The zero-order chi connectivity index (χ0) is 23.2. The molecule has 0 bridgehead atoms. The Kier molecular flexibility index (Phi) is 6.39. The fraction of sp³-hybridized carbons (Fsp3) is 0.182. The molecule has 2 heterocycles. The molecule has 0 aliphatic rings. The van der Waals surface area contributed by atoms with Gasteiger partial charge in [-0.05, 0) is 35.9 Å². The Labute approximate surface area is 188 Å². The van der Waals surface area contributed by atoms with Gasteiger partial charge in [-0.1, -0.05) is 12.1 Å². The van der Waals surface area contributed by atoms with E-state index in [1.807, 2.05) is 24.3 Å². The van der Waals surface area contributed by atoms with Crippen molar-refractivity contribution < 1.29 is 19.2 Å². The summed E-state index contributed by atoms with van der Waals surface area (Å²) in [5, 5.41) is 26.2. The standard InChI is InChI=1S/C22H20N6O5/c1-32-18-8-4-16(5-9-18)22-25-24-19-10-11-21(26-27(19)22)33-13-12-23-20(29)14-15-2-6-17(7-3-15)28(30)31/h2-11H,12-14H2,1H3,(H,23,29). The molecular formula is C22H20N6O5. The van der Waals surface area contributed by atoms with E-state index < -0.39 is 4.92 Å². The number of nitro benzene ring substituents is 1. The zero-order valence-electron chi connectivity index (χ0n) is 17.7. The van der Waals surface area contributed by atoms with Crippen LogP contribution in [0, 0.1) is 10.1 Å². The van der Waals surface area contributed by atoms with E-state index in [9.17, 15) is 14.9 Å². The highest BCUT2D eigenvalue weighted by Gasteiger charge is 2.11. The van der Waals surface area contributed by atoms with Crippen molar-refractivity contribution in [1.82, 2.24) is 25.1 Å². The monoisotopic (exact) mass is 448 g/mol. The van der Waals surface area contributed by atoms with E-state index in [1.54, 1.807) is 35.9 Å². The summed E-state index contributed by atoms with van der Waals surface area (Å²) in [6.45, 7) is 0.490. The van der Waals surface area contributed by atoms with Gasteiger partial charge in [0.1, 0.15) is 12.4 Å². The maximum atomic E-state index is 12.1. The van der Waals surface area contributed by atoms with Crippen LogP contribution in [0.3, 0.4) is 0 Å². The number of nitrogens with one attached hydrogen (secondary N) is 1. The van der Waals surface area contributed by atoms with Crippen molar-refractivity contribution in [3.05, 3.63) is 76.3 Å². The lowest BCUT2D eigenvalue weighted by Gasteiger charge is -2.08. The quantitative estimate of drug-likeness (QED) is 0.234. The summed E-state index contributed by atoms with van der Waals surface area (Å²) in [6, 6.07) is 16.7.